The molecule has 0 aromatic heterocycles. The Bertz CT molecular complexity index is 623. The summed E-state index contributed by atoms with van der Waals surface area (Å²) in [4.78, 5) is 17.2. The van der Waals surface area contributed by atoms with Crippen LogP contribution in [0.15, 0.2) is 12.1 Å². The van der Waals surface area contributed by atoms with E-state index in [1.165, 1.54) is 0 Å². The zero-order chi connectivity index (χ0) is 15.8. The van der Waals surface area contributed by atoms with Crippen LogP contribution in [0, 0.1) is 0 Å². The fraction of sp³-hybridized carbons (Fsp3) is 0.562. The van der Waals surface area contributed by atoms with Gasteiger partial charge < -0.3 is 19.7 Å². The van der Waals surface area contributed by atoms with E-state index in [4.69, 9.17) is 21.1 Å². The largest absolute Gasteiger partial charge is 0.454 e. The fourth-order valence-electron chi connectivity index (χ4n) is 3.55. The Labute approximate surface area is 152 Å². The summed E-state index contributed by atoms with van der Waals surface area (Å²) in [6.45, 7) is 5.90. The summed E-state index contributed by atoms with van der Waals surface area (Å²) in [5, 5.41) is 3.80. The molecule has 1 aromatic carbocycles. The summed E-state index contributed by atoms with van der Waals surface area (Å²) < 4.78 is 10.7. The third-order valence-corrected chi connectivity index (χ3v) is 5.07. The molecule has 1 atom stereocenters. The zero-order valence-corrected chi connectivity index (χ0v) is 14.9. The number of nitrogens with zero attached hydrogens (tertiary/aromatic N) is 2. The molecule has 0 spiro atoms. The Kier molecular flexibility index (Phi) is 5.39. The number of amides is 1. The second-order valence-electron chi connectivity index (χ2n) is 6.17. The van der Waals surface area contributed by atoms with E-state index < -0.39 is 0 Å². The van der Waals surface area contributed by atoms with Crippen LogP contribution in [0.4, 0.5) is 0 Å². The Morgan fingerprint density at radius 3 is 2.79 bits per heavy atom. The van der Waals surface area contributed by atoms with Crippen molar-refractivity contribution in [2.24, 2.45) is 0 Å². The highest BCUT2D eigenvalue weighted by molar-refractivity contribution is 6.32. The maximum atomic E-state index is 12.8. The molecule has 2 saturated heterocycles. The molecule has 6 nitrogen and oxygen atoms in total. The molecule has 3 aliphatic rings. The lowest BCUT2D eigenvalue weighted by Gasteiger charge is -2.32. The molecule has 0 bridgehead atoms. The number of fused-ring (bicyclic) bond motifs is 1. The number of piperazine rings is 1. The lowest BCUT2D eigenvalue weighted by molar-refractivity contribution is 0.0773. The molecular formula is C16H21Cl2N3O3. The molecule has 132 valence electrons. The van der Waals surface area contributed by atoms with E-state index in [-0.39, 0.29) is 25.1 Å². The normalized spacial score (nSPS) is 23.2. The smallest absolute Gasteiger partial charge is 0.254 e. The monoisotopic (exact) mass is 373 g/mol. The van der Waals surface area contributed by atoms with Crippen molar-refractivity contribution in [1.29, 1.82) is 0 Å². The first-order valence-corrected chi connectivity index (χ1v) is 8.43. The van der Waals surface area contributed by atoms with Crippen molar-refractivity contribution < 1.29 is 14.3 Å². The van der Waals surface area contributed by atoms with Crippen LogP contribution in [0.2, 0.25) is 5.02 Å². The van der Waals surface area contributed by atoms with Gasteiger partial charge in [-0.15, -0.1) is 12.4 Å². The van der Waals surface area contributed by atoms with Crippen LogP contribution in [0.1, 0.15) is 16.8 Å². The van der Waals surface area contributed by atoms with Crippen molar-refractivity contribution in [2.75, 3.05) is 46.1 Å². The van der Waals surface area contributed by atoms with Crippen LogP contribution >= 0.6 is 24.0 Å². The van der Waals surface area contributed by atoms with E-state index >= 15 is 0 Å². The average molecular weight is 374 g/mol. The number of halogens is 2. The van der Waals surface area contributed by atoms with Gasteiger partial charge in [-0.3, -0.25) is 9.69 Å². The number of nitrogens with one attached hydrogen (secondary N) is 1. The van der Waals surface area contributed by atoms with Crippen LogP contribution in [0.5, 0.6) is 11.5 Å². The van der Waals surface area contributed by atoms with Gasteiger partial charge in [0.15, 0.2) is 11.5 Å². The zero-order valence-electron chi connectivity index (χ0n) is 13.3. The SMILES string of the molecule is Cl.O=C(c1cc(Cl)c2c(c1)OCO2)N1CCC(N2CCNCC2)C1. The lowest BCUT2D eigenvalue weighted by Crippen LogP contribution is -2.49. The summed E-state index contributed by atoms with van der Waals surface area (Å²) in [6.07, 6.45) is 1.03. The van der Waals surface area contributed by atoms with E-state index in [1.807, 2.05) is 4.90 Å². The Morgan fingerprint density at radius 1 is 1.21 bits per heavy atom. The van der Waals surface area contributed by atoms with Crippen molar-refractivity contribution >= 4 is 29.9 Å². The third-order valence-electron chi connectivity index (χ3n) is 4.79. The van der Waals surface area contributed by atoms with Crippen LogP contribution in [0.25, 0.3) is 0 Å². The van der Waals surface area contributed by atoms with Crippen LogP contribution < -0.4 is 14.8 Å². The summed E-state index contributed by atoms with van der Waals surface area (Å²) in [5.41, 5.74) is 0.570. The number of hydrogen-bond donors (Lipinski definition) is 1. The van der Waals surface area contributed by atoms with Gasteiger partial charge in [0.2, 0.25) is 6.79 Å². The van der Waals surface area contributed by atoms with E-state index in [1.54, 1.807) is 12.1 Å². The quantitative estimate of drug-likeness (QED) is 0.853. The molecule has 3 heterocycles. The van der Waals surface area contributed by atoms with E-state index in [9.17, 15) is 4.79 Å². The molecule has 1 aromatic rings. The van der Waals surface area contributed by atoms with Gasteiger partial charge in [0, 0.05) is 50.9 Å². The summed E-state index contributed by atoms with van der Waals surface area (Å²) in [5.74, 6) is 1.10. The molecule has 4 rings (SSSR count). The highest BCUT2D eigenvalue weighted by Gasteiger charge is 2.32. The minimum Gasteiger partial charge on any atom is -0.454 e. The Balaban J connectivity index is 0.00000169. The van der Waals surface area contributed by atoms with Crippen molar-refractivity contribution in [3.05, 3.63) is 22.7 Å². The average Bonchev–Trinajstić information content (AvgIpc) is 3.24. The molecule has 8 heteroatoms. The van der Waals surface area contributed by atoms with Gasteiger partial charge in [-0.1, -0.05) is 11.6 Å². The summed E-state index contributed by atoms with van der Waals surface area (Å²) in [7, 11) is 0. The highest BCUT2D eigenvalue weighted by Crippen LogP contribution is 2.40. The molecule has 1 N–H and O–H groups in total. The summed E-state index contributed by atoms with van der Waals surface area (Å²) in [6, 6.07) is 3.87. The number of ether oxygens (including phenoxy) is 2. The minimum atomic E-state index is 0. The standard InChI is InChI=1S/C16H20ClN3O3.ClH/c17-13-7-11(8-14-15(13)23-10-22-14)16(21)20-4-1-12(9-20)19-5-2-18-3-6-19;/h7-8,12,18H,1-6,9-10H2;1H. The highest BCUT2D eigenvalue weighted by atomic mass is 35.5. The van der Waals surface area contributed by atoms with Gasteiger partial charge >= 0.3 is 0 Å². The molecule has 3 aliphatic heterocycles. The van der Waals surface area contributed by atoms with Gasteiger partial charge in [0.25, 0.3) is 5.91 Å². The van der Waals surface area contributed by atoms with Gasteiger partial charge in [-0.2, -0.15) is 0 Å². The second-order valence-corrected chi connectivity index (χ2v) is 6.58. The molecule has 2 fully saturated rings. The second kappa shape index (κ2) is 7.35. The van der Waals surface area contributed by atoms with Gasteiger partial charge in [-0.25, -0.2) is 0 Å². The van der Waals surface area contributed by atoms with Crippen molar-refractivity contribution in [1.82, 2.24) is 15.1 Å². The predicted molar refractivity (Wildman–Crippen MR) is 93.6 cm³/mol. The molecule has 0 aliphatic carbocycles. The molecule has 1 amide bonds. The number of rotatable bonds is 2. The Hall–Kier alpha value is -1.21. The number of hydrogen-bond acceptors (Lipinski definition) is 5. The van der Waals surface area contributed by atoms with E-state index in [0.29, 0.717) is 28.1 Å². The van der Waals surface area contributed by atoms with E-state index in [0.717, 1.165) is 45.7 Å². The molecular weight excluding hydrogens is 353 g/mol. The lowest BCUT2D eigenvalue weighted by atomic mass is 10.1. The number of likely N-dealkylation sites (tertiary alicyclic amines) is 1. The first-order valence-electron chi connectivity index (χ1n) is 8.05. The Morgan fingerprint density at radius 2 is 2.00 bits per heavy atom. The molecule has 24 heavy (non-hydrogen) atoms. The maximum absolute atomic E-state index is 12.8. The van der Waals surface area contributed by atoms with Crippen molar-refractivity contribution in [3.8, 4) is 11.5 Å². The van der Waals surface area contributed by atoms with Crippen LogP contribution in [0.3, 0.4) is 0 Å². The van der Waals surface area contributed by atoms with Gasteiger partial charge in [0.1, 0.15) is 0 Å². The topological polar surface area (TPSA) is 54.0 Å². The van der Waals surface area contributed by atoms with Crippen LogP contribution in [-0.2, 0) is 0 Å². The first-order chi connectivity index (χ1) is 11.2. The van der Waals surface area contributed by atoms with Gasteiger partial charge in [-0.05, 0) is 18.6 Å². The van der Waals surface area contributed by atoms with Crippen LogP contribution in [-0.4, -0.2) is 67.8 Å². The third kappa shape index (κ3) is 3.28. The van der Waals surface area contributed by atoms with E-state index in [2.05, 4.69) is 10.2 Å². The molecule has 1 unspecified atom stereocenters. The summed E-state index contributed by atoms with van der Waals surface area (Å²) >= 11 is 6.19. The van der Waals surface area contributed by atoms with Gasteiger partial charge in [0.05, 0.1) is 5.02 Å². The van der Waals surface area contributed by atoms with Crippen molar-refractivity contribution in [3.63, 3.8) is 0 Å². The predicted octanol–water partition coefficient (Wildman–Crippen LogP) is 1.61. The minimum absolute atomic E-state index is 0. The molecule has 0 radical (unpaired) electrons. The van der Waals surface area contributed by atoms with Crippen molar-refractivity contribution in [2.45, 2.75) is 12.5 Å². The number of carbonyl (C=O) groups is 1. The fourth-order valence-corrected chi connectivity index (χ4v) is 3.81. The number of benzene rings is 1. The first kappa shape index (κ1) is 17.6. The number of carbonyl (C=O) groups excluding carboxylic acids is 1. The maximum Gasteiger partial charge on any atom is 0.254 e. The molecule has 0 saturated carbocycles.